The first kappa shape index (κ1) is 45.4. The van der Waals surface area contributed by atoms with Crippen molar-refractivity contribution in [2.45, 2.75) is 104 Å². The van der Waals surface area contributed by atoms with Gasteiger partial charge in [-0.2, -0.15) is 0 Å². The number of aromatic amines is 2. The quantitative estimate of drug-likeness (QED) is 0.0316. The number of amides is 2. The van der Waals surface area contributed by atoms with Gasteiger partial charge in [-0.1, -0.05) is 69.5 Å². The number of fused-ring (bicyclic) bond motifs is 4. The van der Waals surface area contributed by atoms with Crippen LogP contribution in [0.15, 0.2) is 109 Å². The van der Waals surface area contributed by atoms with Crippen LogP contribution in [-0.4, -0.2) is 72.0 Å². The second-order valence-corrected chi connectivity index (χ2v) is 17.2. The molecule has 5 N–H and O–H groups in total. The number of aromatic nitrogens is 4. The van der Waals surface area contributed by atoms with Crippen LogP contribution in [0.3, 0.4) is 0 Å². The van der Waals surface area contributed by atoms with Crippen molar-refractivity contribution in [3.05, 3.63) is 138 Å². The van der Waals surface area contributed by atoms with Crippen molar-refractivity contribution >= 4 is 23.0 Å². The molecule has 334 valence electrons. The standard InChI is InChI=1S/C52H61FN8O3/c1-7-9-10-11-12-13-14-45(59-52(63)64)35(5)61(40-19-15-33(3)26-40)32-50-56-46-24-18-38(28-47(46)57-50)37-16-20-41-39(27-37)17-21-43-42(41)22-23-44(51(43)53)48-30-55-49(58-48)31-60(25-8-2)34(4)29-54-36(6)62/h7,9,12,14,16,18,20,22-24,27-28,30,33,40,45,59H,4-5,8,10-11,15,17,19,21,25-26,29,31-32H2,1-3,6H3,(H,54,62)(H,55,58)(H,56,57)(H,63,64)/b9-7-/t13?,33-,40+,45?/m0/s1. The summed E-state index contributed by atoms with van der Waals surface area (Å²) in [6.45, 7) is 18.5. The monoisotopic (exact) mass is 864 g/mol. The molecule has 0 bridgehead atoms. The highest BCUT2D eigenvalue weighted by Crippen LogP contribution is 2.40. The maximum absolute atomic E-state index is 16.4. The number of carbonyl (C=O) groups is 2. The van der Waals surface area contributed by atoms with Crippen LogP contribution in [-0.2, 0) is 30.7 Å². The van der Waals surface area contributed by atoms with E-state index in [0.717, 1.165) is 89.9 Å². The maximum Gasteiger partial charge on any atom is 0.405 e. The van der Waals surface area contributed by atoms with Crippen LogP contribution in [0.2, 0.25) is 0 Å². The zero-order valence-electron chi connectivity index (χ0n) is 37.6. The van der Waals surface area contributed by atoms with E-state index in [0.29, 0.717) is 66.7 Å². The van der Waals surface area contributed by atoms with Crippen molar-refractivity contribution in [2.24, 2.45) is 5.92 Å². The highest BCUT2D eigenvalue weighted by Gasteiger charge is 2.31. The average molecular weight is 865 g/mol. The van der Waals surface area contributed by atoms with Crippen LogP contribution in [0.5, 0.6) is 0 Å². The topological polar surface area (TPSA) is 142 Å². The molecule has 2 aliphatic rings. The number of unbranched alkanes of at least 4 members (excludes halogenated alkanes) is 1. The van der Waals surface area contributed by atoms with E-state index in [4.69, 9.17) is 4.98 Å². The lowest BCUT2D eigenvalue weighted by molar-refractivity contribution is -0.118. The number of aryl methyl sites for hydroxylation is 1. The normalized spacial score (nSPS) is 15.8. The van der Waals surface area contributed by atoms with Crippen molar-refractivity contribution in [3.63, 3.8) is 0 Å². The number of allylic oxidation sites excluding steroid dienone is 2. The van der Waals surface area contributed by atoms with Crippen molar-refractivity contribution in [1.82, 2.24) is 40.4 Å². The van der Waals surface area contributed by atoms with Gasteiger partial charge in [-0.05, 0) is 128 Å². The molecule has 1 saturated carbocycles. The van der Waals surface area contributed by atoms with Crippen molar-refractivity contribution in [1.29, 1.82) is 0 Å². The van der Waals surface area contributed by atoms with Gasteiger partial charge in [0.25, 0.3) is 0 Å². The van der Waals surface area contributed by atoms with Crippen LogP contribution in [0, 0.1) is 11.7 Å². The van der Waals surface area contributed by atoms with Gasteiger partial charge in [-0.25, -0.2) is 19.2 Å². The molecule has 11 nitrogen and oxygen atoms in total. The Labute approximate surface area is 376 Å². The van der Waals surface area contributed by atoms with Crippen LogP contribution in [0.1, 0.15) is 89.0 Å². The Hall–Kier alpha value is -6.65. The molecule has 12 heteroatoms. The first-order valence-corrected chi connectivity index (χ1v) is 22.5. The third kappa shape index (κ3) is 10.7. The lowest BCUT2D eigenvalue weighted by atomic mass is 9.83. The molecule has 3 aromatic carbocycles. The summed E-state index contributed by atoms with van der Waals surface area (Å²) in [7, 11) is 0. The number of hydrogen-bond acceptors (Lipinski definition) is 6. The summed E-state index contributed by atoms with van der Waals surface area (Å²) in [5, 5.41) is 15.2. The summed E-state index contributed by atoms with van der Waals surface area (Å²) in [5.41, 5.74) is 13.5. The molecule has 0 radical (unpaired) electrons. The second kappa shape index (κ2) is 20.7. The number of nitrogens with one attached hydrogen (secondary N) is 4. The lowest BCUT2D eigenvalue weighted by Crippen LogP contribution is -2.43. The fraction of sp³-hybridized carbons (Fsp3) is 0.365. The Morgan fingerprint density at radius 3 is 2.55 bits per heavy atom. The Bertz CT molecular complexity index is 2620. The Kier molecular flexibility index (Phi) is 14.7. The number of benzene rings is 3. The number of hydrogen-bond donors (Lipinski definition) is 5. The SMILES string of the molecule is C=C(CNC(C)=O)N(CCC)Cc1ncc(-c2ccc3c(c2F)CCc2cc(-c4ccc5nc(CN(C(=C)C(C=C=CCC/C=C\C)NC(=O)O)[C@@H]6CC[C@H](C)C6)[nH]c5c4)ccc2-3)[nH]1. The summed E-state index contributed by atoms with van der Waals surface area (Å²) in [6.07, 6.45) is 15.4. The van der Waals surface area contributed by atoms with Crippen LogP contribution < -0.4 is 10.6 Å². The van der Waals surface area contributed by atoms with Gasteiger partial charge in [-0.3, -0.25) is 4.79 Å². The molecule has 3 atom stereocenters. The fourth-order valence-corrected chi connectivity index (χ4v) is 9.08. The van der Waals surface area contributed by atoms with Gasteiger partial charge in [0.15, 0.2) is 0 Å². The van der Waals surface area contributed by atoms with Gasteiger partial charge in [0.1, 0.15) is 17.5 Å². The van der Waals surface area contributed by atoms with Crippen molar-refractivity contribution in [3.8, 4) is 33.5 Å². The average Bonchev–Trinajstić information content (AvgIpc) is 4.04. The van der Waals surface area contributed by atoms with Crippen LogP contribution in [0.25, 0.3) is 44.5 Å². The predicted octanol–water partition coefficient (Wildman–Crippen LogP) is 10.6. The molecule has 7 rings (SSSR count). The molecule has 2 aromatic heterocycles. The number of rotatable bonds is 19. The first-order valence-electron chi connectivity index (χ1n) is 22.5. The second-order valence-electron chi connectivity index (χ2n) is 17.2. The fourth-order valence-electron chi connectivity index (χ4n) is 9.08. The number of carboxylic acid groups (broad SMARTS) is 1. The predicted molar refractivity (Wildman–Crippen MR) is 254 cm³/mol. The number of H-pyrrole nitrogens is 2. The number of imidazole rings is 2. The highest BCUT2D eigenvalue weighted by atomic mass is 19.1. The van der Waals surface area contributed by atoms with Gasteiger partial charge < -0.3 is 35.5 Å². The van der Waals surface area contributed by atoms with E-state index in [1.165, 1.54) is 12.5 Å². The van der Waals surface area contributed by atoms with Gasteiger partial charge in [-0.15, -0.1) is 5.73 Å². The summed E-state index contributed by atoms with van der Waals surface area (Å²) >= 11 is 0. The van der Waals surface area contributed by atoms with Gasteiger partial charge in [0.05, 0.1) is 48.6 Å². The van der Waals surface area contributed by atoms with E-state index in [9.17, 15) is 14.7 Å². The molecule has 1 fully saturated rings. The zero-order chi connectivity index (χ0) is 45.3. The molecule has 2 heterocycles. The smallest absolute Gasteiger partial charge is 0.405 e. The number of carbonyl (C=O) groups excluding carboxylic acids is 1. The minimum absolute atomic E-state index is 0.111. The van der Waals surface area contributed by atoms with Crippen LogP contribution >= 0.6 is 0 Å². The largest absolute Gasteiger partial charge is 0.465 e. The Morgan fingerprint density at radius 1 is 1.02 bits per heavy atom. The minimum atomic E-state index is -1.11. The van der Waals surface area contributed by atoms with Gasteiger partial charge in [0.2, 0.25) is 5.91 Å². The molecule has 64 heavy (non-hydrogen) atoms. The highest BCUT2D eigenvalue weighted by molar-refractivity contribution is 5.84. The lowest BCUT2D eigenvalue weighted by Gasteiger charge is -2.35. The molecule has 0 aliphatic heterocycles. The molecular formula is C52H61FN8O3. The maximum atomic E-state index is 16.4. The van der Waals surface area contributed by atoms with Crippen molar-refractivity contribution < 1.29 is 19.1 Å². The van der Waals surface area contributed by atoms with E-state index in [-0.39, 0.29) is 17.8 Å². The minimum Gasteiger partial charge on any atom is -0.465 e. The molecular weight excluding hydrogens is 804 g/mol. The molecule has 0 saturated heterocycles. The third-order valence-electron chi connectivity index (χ3n) is 12.4. The van der Waals surface area contributed by atoms with E-state index in [1.807, 2.05) is 37.3 Å². The zero-order valence-corrected chi connectivity index (χ0v) is 37.6. The van der Waals surface area contributed by atoms with E-state index in [2.05, 4.69) is 105 Å². The molecule has 2 aliphatic carbocycles. The summed E-state index contributed by atoms with van der Waals surface area (Å²) in [5.74, 6) is 1.70. The summed E-state index contributed by atoms with van der Waals surface area (Å²) in [4.78, 5) is 44.1. The molecule has 0 spiro atoms. The molecule has 1 unspecified atom stereocenters. The van der Waals surface area contributed by atoms with Crippen LogP contribution in [0.4, 0.5) is 9.18 Å². The summed E-state index contributed by atoms with van der Waals surface area (Å²) < 4.78 is 16.4. The van der Waals surface area contributed by atoms with E-state index < -0.39 is 12.1 Å². The number of halogens is 1. The van der Waals surface area contributed by atoms with E-state index in [1.54, 1.807) is 12.3 Å². The van der Waals surface area contributed by atoms with Gasteiger partial charge in [0, 0.05) is 36.5 Å². The van der Waals surface area contributed by atoms with Gasteiger partial charge >= 0.3 is 6.09 Å². The van der Waals surface area contributed by atoms with E-state index >= 15 is 4.39 Å². The third-order valence-corrected chi connectivity index (χ3v) is 12.4. The number of nitrogens with zero attached hydrogens (tertiary/aromatic N) is 4. The Morgan fingerprint density at radius 2 is 1.80 bits per heavy atom. The Balaban J connectivity index is 1.08. The summed E-state index contributed by atoms with van der Waals surface area (Å²) in [6, 6.07) is 16.1. The molecule has 5 aromatic rings. The van der Waals surface area contributed by atoms with Crippen molar-refractivity contribution in [2.75, 3.05) is 13.1 Å². The first-order chi connectivity index (χ1) is 30.9. The molecule has 2 amide bonds.